The molecule has 116 valence electrons. The van der Waals surface area contributed by atoms with Gasteiger partial charge in [0.15, 0.2) is 0 Å². The Hall–Kier alpha value is -1.78. The molecule has 1 aliphatic rings. The van der Waals surface area contributed by atoms with Crippen LogP contribution in [0.1, 0.15) is 25.2 Å². The molecule has 22 heavy (non-hydrogen) atoms. The fraction of sp³-hybridized carbons (Fsp3) is 0.353. The van der Waals surface area contributed by atoms with Crippen LogP contribution in [-0.2, 0) is 17.9 Å². The Labute approximate surface area is 135 Å². The molecule has 1 atom stereocenters. The Morgan fingerprint density at radius 2 is 2.23 bits per heavy atom. The minimum absolute atomic E-state index is 0.0163. The third-order valence-corrected chi connectivity index (χ3v) is 4.17. The van der Waals surface area contributed by atoms with Crippen LogP contribution in [0, 0.1) is 5.92 Å². The van der Waals surface area contributed by atoms with Crippen molar-refractivity contribution in [2.75, 3.05) is 5.32 Å². The zero-order valence-corrected chi connectivity index (χ0v) is 13.4. The predicted molar refractivity (Wildman–Crippen MR) is 86.7 cm³/mol. The number of furan rings is 1. The van der Waals surface area contributed by atoms with Crippen LogP contribution in [-0.4, -0.2) is 16.8 Å². The van der Waals surface area contributed by atoms with Crippen molar-refractivity contribution in [3.05, 3.63) is 52.9 Å². The number of amides is 1. The fourth-order valence-corrected chi connectivity index (χ4v) is 3.18. The van der Waals surface area contributed by atoms with Gasteiger partial charge in [-0.15, -0.1) is 0 Å². The number of benzene rings is 1. The van der Waals surface area contributed by atoms with E-state index in [4.69, 9.17) is 16.0 Å². The molecule has 0 fully saturated rings. The summed E-state index contributed by atoms with van der Waals surface area (Å²) in [6.07, 6.45) is 1.66. The van der Waals surface area contributed by atoms with E-state index in [1.807, 2.05) is 24.3 Å². The van der Waals surface area contributed by atoms with E-state index >= 15 is 0 Å². The standard InChI is InChI=1S/C17H19ClN2O2/c1-11(2)16-17(21)19-15-6-5-13(18)8-12(15)9-20(16)10-14-4-3-7-22-14/h3-8,11,16H,9-10H2,1-2H3,(H,19,21). The van der Waals surface area contributed by atoms with E-state index in [0.717, 1.165) is 17.0 Å². The van der Waals surface area contributed by atoms with E-state index < -0.39 is 0 Å². The normalized spacial score (nSPS) is 18.9. The number of carbonyl (C=O) groups is 1. The average molecular weight is 319 g/mol. The molecule has 0 saturated heterocycles. The maximum Gasteiger partial charge on any atom is 0.242 e. The molecule has 0 saturated carbocycles. The minimum Gasteiger partial charge on any atom is -0.468 e. The summed E-state index contributed by atoms with van der Waals surface area (Å²) in [5.41, 5.74) is 1.86. The van der Waals surface area contributed by atoms with Gasteiger partial charge in [-0.3, -0.25) is 9.69 Å². The van der Waals surface area contributed by atoms with Crippen molar-refractivity contribution in [2.24, 2.45) is 5.92 Å². The van der Waals surface area contributed by atoms with Crippen LogP contribution in [0.5, 0.6) is 0 Å². The highest BCUT2D eigenvalue weighted by molar-refractivity contribution is 6.30. The second-order valence-corrected chi connectivity index (χ2v) is 6.40. The summed E-state index contributed by atoms with van der Waals surface area (Å²) >= 11 is 6.11. The first kappa shape index (κ1) is 15.1. The van der Waals surface area contributed by atoms with Gasteiger partial charge in [0.25, 0.3) is 0 Å². The van der Waals surface area contributed by atoms with Crippen LogP contribution in [0.3, 0.4) is 0 Å². The Balaban J connectivity index is 1.97. The van der Waals surface area contributed by atoms with Crippen LogP contribution in [0.4, 0.5) is 5.69 Å². The number of nitrogens with zero attached hydrogens (tertiary/aromatic N) is 1. The van der Waals surface area contributed by atoms with Crippen LogP contribution in [0.25, 0.3) is 0 Å². The zero-order chi connectivity index (χ0) is 15.7. The summed E-state index contributed by atoms with van der Waals surface area (Å²) in [5, 5.41) is 3.70. The lowest BCUT2D eigenvalue weighted by molar-refractivity contribution is -0.123. The summed E-state index contributed by atoms with van der Waals surface area (Å²) < 4.78 is 5.45. The van der Waals surface area contributed by atoms with Crippen LogP contribution >= 0.6 is 11.6 Å². The van der Waals surface area contributed by atoms with Crippen molar-refractivity contribution in [1.82, 2.24) is 4.90 Å². The second kappa shape index (κ2) is 6.15. The molecule has 1 aromatic heterocycles. The maximum absolute atomic E-state index is 12.6. The summed E-state index contributed by atoms with van der Waals surface area (Å²) in [5.74, 6) is 1.06. The molecule has 4 nitrogen and oxygen atoms in total. The van der Waals surface area contributed by atoms with E-state index in [0.29, 0.717) is 18.1 Å². The molecular formula is C17H19ClN2O2. The van der Waals surface area contributed by atoms with Crippen molar-refractivity contribution in [1.29, 1.82) is 0 Å². The topological polar surface area (TPSA) is 45.5 Å². The first-order valence-electron chi connectivity index (χ1n) is 7.40. The molecule has 3 rings (SSSR count). The quantitative estimate of drug-likeness (QED) is 0.933. The number of hydrogen-bond donors (Lipinski definition) is 1. The van der Waals surface area contributed by atoms with E-state index in [1.54, 1.807) is 12.3 Å². The number of halogens is 1. The number of hydrogen-bond acceptors (Lipinski definition) is 3. The van der Waals surface area contributed by atoms with Crippen LogP contribution in [0.2, 0.25) is 5.02 Å². The number of nitrogens with one attached hydrogen (secondary N) is 1. The first-order chi connectivity index (χ1) is 10.5. The Kier molecular flexibility index (Phi) is 4.23. The van der Waals surface area contributed by atoms with Crippen molar-refractivity contribution in [3.63, 3.8) is 0 Å². The van der Waals surface area contributed by atoms with E-state index in [9.17, 15) is 4.79 Å². The largest absolute Gasteiger partial charge is 0.468 e. The highest BCUT2D eigenvalue weighted by Gasteiger charge is 2.33. The van der Waals surface area contributed by atoms with Gasteiger partial charge in [0.1, 0.15) is 5.76 Å². The molecule has 0 bridgehead atoms. The number of rotatable bonds is 3. The lowest BCUT2D eigenvalue weighted by Gasteiger charge is -2.30. The Morgan fingerprint density at radius 1 is 1.41 bits per heavy atom. The van der Waals surface area contributed by atoms with E-state index in [2.05, 4.69) is 24.1 Å². The molecule has 5 heteroatoms. The monoisotopic (exact) mass is 318 g/mol. The number of fused-ring (bicyclic) bond motifs is 1. The summed E-state index contributed by atoms with van der Waals surface area (Å²) in [6, 6.07) is 9.16. The Morgan fingerprint density at radius 3 is 2.91 bits per heavy atom. The molecule has 1 aromatic carbocycles. The van der Waals surface area contributed by atoms with Crippen LogP contribution < -0.4 is 5.32 Å². The zero-order valence-electron chi connectivity index (χ0n) is 12.7. The highest BCUT2D eigenvalue weighted by Crippen LogP contribution is 2.29. The molecule has 1 unspecified atom stereocenters. The number of anilines is 1. The van der Waals surface area contributed by atoms with Gasteiger partial charge >= 0.3 is 0 Å². The molecule has 2 heterocycles. The minimum atomic E-state index is -0.212. The Bertz CT molecular complexity index is 667. The lowest BCUT2D eigenvalue weighted by Crippen LogP contribution is -2.44. The molecule has 1 amide bonds. The third kappa shape index (κ3) is 3.03. The summed E-state index contributed by atoms with van der Waals surface area (Å²) in [4.78, 5) is 14.8. The van der Waals surface area contributed by atoms with Gasteiger partial charge in [-0.05, 0) is 41.8 Å². The van der Waals surface area contributed by atoms with Crippen LogP contribution in [0.15, 0.2) is 41.0 Å². The van der Waals surface area contributed by atoms with Crippen molar-refractivity contribution < 1.29 is 9.21 Å². The van der Waals surface area contributed by atoms with Crippen molar-refractivity contribution in [3.8, 4) is 0 Å². The first-order valence-corrected chi connectivity index (χ1v) is 7.78. The van der Waals surface area contributed by atoms with E-state index in [-0.39, 0.29) is 17.9 Å². The maximum atomic E-state index is 12.6. The smallest absolute Gasteiger partial charge is 0.242 e. The van der Waals surface area contributed by atoms with Gasteiger partial charge in [0.05, 0.1) is 18.8 Å². The van der Waals surface area contributed by atoms with Gasteiger partial charge in [-0.25, -0.2) is 0 Å². The van der Waals surface area contributed by atoms with Gasteiger partial charge in [-0.1, -0.05) is 25.4 Å². The highest BCUT2D eigenvalue weighted by atomic mass is 35.5. The summed E-state index contributed by atoms with van der Waals surface area (Å²) in [7, 11) is 0. The van der Waals surface area contributed by atoms with Gasteiger partial charge in [0, 0.05) is 17.3 Å². The SMILES string of the molecule is CC(C)C1C(=O)Nc2ccc(Cl)cc2CN1Cc1ccco1. The van der Waals surface area contributed by atoms with Crippen molar-refractivity contribution >= 4 is 23.2 Å². The fourth-order valence-electron chi connectivity index (χ4n) is 2.99. The average Bonchev–Trinajstić information content (AvgIpc) is 2.89. The predicted octanol–water partition coefficient (Wildman–Crippen LogP) is 3.91. The summed E-state index contributed by atoms with van der Waals surface area (Å²) in [6.45, 7) is 5.36. The van der Waals surface area contributed by atoms with Crippen molar-refractivity contribution in [2.45, 2.75) is 33.0 Å². The molecule has 0 spiro atoms. The molecule has 0 radical (unpaired) electrons. The molecule has 2 aromatic rings. The van der Waals surface area contributed by atoms with Gasteiger partial charge in [-0.2, -0.15) is 0 Å². The lowest BCUT2D eigenvalue weighted by atomic mass is 10.0. The second-order valence-electron chi connectivity index (χ2n) is 5.96. The third-order valence-electron chi connectivity index (χ3n) is 3.93. The molecule has 1 N–H and O–H groups in total. The number of carbonyl (C=O) groups excluding carboxylic acids is 1. The molecule has 1 aliphatic heterocycles. The van der Waals surface area contributed by atoms with Gasteiger partial charge in [0.2, 0.25) is 5.91 Å². The van der Waals surface area contributed by atoms with Gasteiger partial charge < -0.3 is 9.73 Å². The van der Waals surface area contributed by atoms with E-state index in [1.165, 1.54) is 0 Å². The molecule has 0 aliphatic carbocycles. The molecular weight excluding hydrogens is 300 g/mol.